The van der Waals surface area contributed by atoms with Gasteiger partial charge in [-0.1, -0.05) is 0 Å². The van der Waals surface area contributed by atoms with Crippen LogP contribution in [0.2, 0.25) is 0 Å². The number of anilines is 1. The van der Waals surface area contributed by atoms with Gasteiger partial charge in [-0.05, 0) is 31.2 Å². The van der Waals surface area contributed by atoms with E-state index in [2.05, 4.69) is 24.8 Å². The van der Waals surface area contributed by atoms with Crippen LogP contribution in [0.25, 0.3) is 22.5 Å². The first kappa shape index (κ1) is 20.0. The average Bonchev–Trinajstić information content (AvgIpc) is 3.01. The highest BCUT2D eigenvalue weighted by molar-refractivity contribution is 5.91. The normalized spacial score (nSPS) is 14.5. The molecule has 1 fully saturated rings. The van der Waals surface area contributed by atoms with Crippen molar-refractivity contribution >= 4 is 11.9 Å². The van der Waals surface area contributed by atoms with E-state index >= 15 is 0 Å². The van der Waals surface area contributed by atoms with Gasteiger partial charge in [0.15, 0.2) is 0 Å². The minimum atomic E-state index is -0.974. The number of aromatic carboxylic acids is 1. The number of nitrogens with two attached hydrogens (primary N) is 1. The summed E-state index contributed by atoms with van der Waals surface area (Å²) < 4.78 is 5.48. The van der Waals surface area contributed by atoms with Crippen molar-refractivity contribution in [2.45, 2.75) is 12.8 Å². The molecule has 1 saturated heterocycles. The number of carboxylic acid groups (broad SMARTS) is 1. The summed E-state index contributed by atoms with van der Waals surface area (Å²) in [6.45, 7) is 3.46. The Morgan fingerprint density at radius 2 is 2.00 bits per heavy atom. The number of hydrogen-bond acceptors (Lipinski definition) is 7. The van der Waals surface area contributed by atoms with E-state index in [1.165, 1.54) is 0 Å². The van der Waals surface area contributed by atoms with Crippen molar-refractivity contribution in [3.63, 3.8) is 0 Å². The summed E-state index contributed by atoms with van der Waals surface area (Å²) in [4.78, 5) is 30.3. The molecule has 1 aliphatic heterocycles. The van der Waals surface area contributed by atoms with E-state index in [4.69, 9.17) is 10.5 Å². The van der Waals surface area contributed by atoms with Crippen LogP contribution >= 0.6 is 0 Å². The predicted octanol–water partition coefficient (Wildman–Crippen LogP) is 1.96. The zero-order valence-electron chi connectivity index (χ0n) is 16.5. The molecule has 156 valence electrons. The number of nitrogens with one attached hydrogen (secondary N) is 1. The van der Waals surface area contributed by atoms with Crippen LogP contribution < -0.4 is 10.6 Å². The fraction of sp³-hybridized carbons (Fsp3) is 0.333. The van der Waals surface area contributed by atoms with E-state index in [-0.39, 0.29) is 5.56 Å². The van der Waals surface area contributed by atoms with E-state index in [1.807, 2.05) is 12.1 Å². The molecule has 0 radical (unpaired) electrons. The molecule has 0 amide bonds. The van der Waals surface area contributed by atoms with Gasteiger partial charge in [0.1, 0.15) is 0 Å². The van der Waals surface area contributed by atoms with Crippen molar-refractivity contribution in [2.75, 3.05) is 37.7 Å². The van der Waals surface area contributed by atoms with Crippen LogP contribution in [-0.2, 0) is 11.2 Å². The van der Waals surface area contributed by atoms with Gasteiger partial charge in [-0.25, -0.2) is 14.8 Å². The van der Waals surface area contributed by atoms with Gasteiger partial charge in [0.2, 0.25) is 5.95 Å². The van der Waals surface area contributed by atoms with Crippen LogP contribution in [0.1, 0.15) is 22.5 Å². The number of aromatic amines is 1. The lowest BCUT2D eigenvalue weighted by molar-refractivity contribution is 0.0696. The molecule has 4 N–H and O–H groups in total. The molecule has 9 nitrogen and oxygen atoms in total. The first-order valence-corrected chi connectivity index (χ1v) is 9.92. The number of hydrogen-bond donors (Lipinski definition) is 3. The van der Waals surface area contributed by atoms with Crippen molar-refractivity contribution in [1.82, 2.24) is 19.9 Å². The highest BCUT2D eigenvalue weighted by atomic mass is 16.5. The zero-order valence-corrected chi connectivity index (χ0v) is 16.5. The summed E-state index contributed by atoms with van der Waals surface area (Å²) in [6.07, 6.45) is 6.63. The standard InChI is InChI=1S/C21H24N6O3/c22-4-2-17-16(20(28)29)11-19(26-17)14-3-5-23-18(10-14)15-12-24-21(25-13-15)27-6-1-8-30-9-7-27/h3,5,10-13,26H,1-2,4,6-9,22H2,(H,28,29). The van der Waals surface area contributed by atoms with E-state index in [0.717, 1.165) is 37.2 Å². The maximum atomic E-state index is 11.5. The number of aromatic nitrogens is 4. The Morgan fingerprint density at radius 3 is 2.77 bits per heavy atom. The van der Waals surface area contributed by atoms with Crippen molar-refractivity contribution in [3.05, 3.63) is 48.0 Å². The number of pyridine rings is 1. The quantitative estimate of drug-likeness (QED) is 0.564. The van der Waals surface area contributed by atoms with Gasteiger partial charge >= 0.3 is 5.97 Å². The van der Waals surface area contributed by atoms with Gasteiger partial charge in [-0.3, -0.25) is 4.98 Å². The van der Waals surface area contributed by atoms with Gasteiger partial charge in [0.05, 0.1) is 17.9 Å². The molecule has 0 bridgehead atoms. The molecule has 1 aliphatic rings. The fourth-order valence-electron chi connectivity index (χ4n) is 3.50. The maximum Gasteiger partial charge on any atom is 0.337 e. The van der Waals surface area contributed by atoms with Crippen LogP contribution in [0.4, 0.5) is 5.95 Å². The van der Waals surface area contributed by atoms with Gasteiger partial charge < -0.3 is 25.5 Å². The Morgan fingerprint density at radius 1 is 1.17 bits per heavy atom. The molecule has 4 heterocycles. The summed E-state index contributed by atoms with van der Waals surface area (Å²) in [7, 11) is 0. The second-order valence-corrected chi connectivity index (χ2v) is 7.07. The molecule has 0 aliphatic carbocycles. The van der Waals surface area contributed by atoms with Crippen molar-refractivity contribution < 1.29 is 14.6 Å². The molecule has 4 rings (SSSR count). The van der Waals surface area contributed by atoms with E-state index in [9.17, 15) is 9.90 Å². The minimum Gasteiger partial charge on any atom is -0.478 e. The van der Waals surface area contributed by atoms with Gasteiger partial charge in [-0.15, -0.1) is 0 Å². The Labute approximate surface area is 173 Å². The van der Waals surface area contributed by atoms with E-state index in [0.29, 0.717) is 42.6 Å². The number of carbonyl (C=O) groups is 1. The summed E-state index contributed by atoms with van der Waals surface area (Å²) in [5, 5.41) is 9.43. The second-order valence-electron chi connectivity index (χ2n) is 7.07. The second kappa shape index (κ2) is 9.02. The van der Waals surface area contributed by atoms with Crippen molar-refractivity contribution in [1.29, 1.82) is 0 Å². The molecule has 0 unspecified atom stereocenters. The number of ether oxygens (including phenoxy) is 1. The summed E-state index contributed by atoms with van der Waals surface area (Å²) >= 11 is 0. The van der Waals surface area contributed by atoms with Crippen LogP contribution in [0.15, 0.2) is 36.8 Å². The lowest BCUT2D eigenvalue weighted by Crippen LogP contribution is -2.27. The first-order valence-electron chi connectivity index (χ1n) is 9.92. The number of nitrogens with zero attached hydrogens (tertiary/aromatic N) is 4. The monoisotopic (exact) mass is 408 g/mol. The van der Waals surface area contributed by atoms with Crippen LogP contribution in [0.5, 0.6) is 0 Å². The molecule has 3 aromatic rings. The largest absolute Gasteiger partial charge is 0.478 e. The van der Waals surface area contributed by atoms with Crippen LogP contribution in [0, 0.1) is 0 Å². The molecule has 0 saturated carbocycles. The lowest BCUT2D eigenvalue weighted by atomic mass is 10.1. The SMILES string of the molecule is NCCc1[nH]c(-c2ccnc(-c3cnc(N4CCCOCC4)nc3)c2)cc1C(=O)O. The maximum absolute atomic E-state index is 11.5. The Hall–Kier alpha value is -3.30. The number of H-pyrrole nitrogens is 1. The van der Waals surface area contributed by atoms with Crippen LogP contribution in [0.3, 0.4) is 0 Å². The molecule has 0 aromatic carbocycles. The summed E-state index contributed by atoms with van der Waals surface area (Å²) in [6, 6.07) is 5.36. The van der Waals surface area contributed by atoms with Gasteiger partial charge in [0.25, 0.3) is 0 Å². The highest BCUT2D eigenvalue weighted by Gasteiger charge is 2.16. The molecular formula is C21H24N6O3. The Balaban J connectivity index is 1.59. The van der Waals surface area contributed by atoms with Crippen molar-refractivity contribution in [2.24, 2.45) is 5.73 Å². The molecule has 3 aromatic heterocycles. The fourth-order valence-corrected chi connectivity index (χ4v) is 3.50. The van der Waals surface area contributed by atoms with Crippen molar-refractivity contribution in [3.8, 4) is 22.5 Å². The third kappa shape index (κ3) is 4.32. The predicted molar refractivity (Wildman–Crippen MR) is 112 cm³/mol. The number of rotatable bonds is 6. The molecule has 30 heavy (non-hydrogen) atoms. The van der Waals surface area contributed by atoms with E-state index < -0.39 is 5.97 Å². The number of carboxylic acids is 1. The van der Waals surface area contributed by atoms with Gasteiger partial charge in [0, 0.05) is 67.2 Å². The Kier molecular flexibility index (Phi) is 6.01. The smallest absolute Gasteiger partial charge is 0.337 e. The molecule has 9 heteroatoms. The highest BCUT2D eigenvalue weighted by Crippen LogP contribution is 2.26. The summed E-state index contributed by atoms with van der Waals surface area (Å²) in [5.74, 6) is -0.291. The van der Waals surface area contributed by atoms with Crippen LogP contribution in [-0.4, -0.2) is 63.9 Å². The Bertz CT molecular complexity index is 1010. The average molecular weight is 408 g/mol. The van der Waals surface area contributed by atoms with E-state index in [1.54, 1.807) is 24.7 Å². The first-order chi connectivity index (χ1) is 14.7. The molecule has 0 spiro atoms. The van der Waals surface area contributed by atoms with Gasteiger partial charge in [-0.2, -0.15) is 0 Å². The lowest BCUT2D eigenvalue weighted by Gasteiger charge is -2.19. The molecule has 0 atom stereocenters. The molecular weight excluding hydrogens is 384 g/mol. The zero-order chi connectivity index (χ0) is 20.9. The summed E-state index contributed by atoms with van der Waals surface area (Å²) in [5.41, 5.74) is 9.51. The third-order valence-corrected chi connectivity index (χ3v) is 5.03. The third-order valence-electron chi connectivity index (χ3n) is 5.03. The minimum absolute atomic E-state index is 0.239. The topological polar surface area (TPSA) is 130 Å².